The standard InChI is InChI=1S/C31H22ClN3O6/c1-38-25-12-6-9-21-27(20-8-3-4-10-22(20)32)29(34-28(21)25)30(36)35-33-16-19-7-2-5-11-23(19)41-31(37)18-13-14-24-26(15-18)40-17-39-24/h2-16,34H,17H2,1H3,(H,35,36). The lowest BCUT2D eigenvalue weighted by Crippen LogP contribution is -2.19. The molecule has 5 aromatic rings. The molecule has 0 atom stereocenters. The number of esters is 1. The number of hydrogen-bond acceptors (Lipinski definition) is 7. The van der Waals surface area contributed by atoms with E-state index in [2.05, 4.69) is 15.5 Å². The molecule has 0 fully saturated rings. The number of H-pyrrole nitrogens is 1. The molecule has 0 saturated heterocycles. The number of halogens is 1. The molecule has 1 amide bonds. The molecule has 0 aliphatic carbocycles. The van der Waals surface area contributed by atoms with Crippen LogP contribution in [0.5, 0.6) is 23.0 Å². The first-order chi connectivity index (χ1) is 20.0. The number of benzene rings is 4. The molecule has 1 aromatic heterocycles. The topological polar surface area (TPSA) is 111 Å². The van der Waals surface area contributed by atoms with Crippen LogP contribution in [0.4, 0.5) is 0 Å². The average molecular weight is 568 g/mol. The Morgan fingerprint density at radius 3 is 2.59 bits per heavy atom. The maximum Gasteiger partial charge on any atom is 0.343 e. The minimum absolute atomic E-state index is 0.102. The first-order valence-electron chi connectivity index (χ1n) is 12.5. The van der Waals surface area contributed by atoms with Gasteiger partial charge in [0.25, 0.3) is 5.91 Å². The van der Waals surface area contributed by atoms with Crippen LogP contribution in [-0.2, 0) is 0 Å². The molecule has 2 heterocycles. The summed E-state index contributed by atoms with van der Waals surface area (Å²) in [5, 5.41) is 5.40. The summed E-state index contributed by atoms with van der Waals surface area (Å²) >= 11 is 6.52. The molecular formula is C31H22ClN3O6. The van der Waals surface area contributed by atoms with E-state index >= 15 is 0 Å². The molecule has 0 radical (unpaired) electrons. The van der Waals surface area contributed by atoms with Crippen molar-refractivity contribution < 1.29 is 28.5 Å². The number of hydrogen-bond donors (Lipinski definition) is 2. The Balaban J connectivity index is 1.26. The molecule has 4 aromatic carbocycles. The lowest BCUT2D eigenvalue weighted by molar-refractivity contribution is 0.0733. The number of ether oxygens (including phenoxy) is 4. The predicted octanol–water partition coefficient (Wildman–Crippen LogP) is 6.21. The van der Waals surface area contributed by atoms with Crippen molar-refractivity contribution in [3.8, 4) is 34.1 Å². The number of rotatable bonds is 7. The van der Waals surface area contributed by atoms with Crippen LogP contribution in [0.2, 0.25) is 5.02 Å². The van der Waals surface area contributed by atoms with Crippen LogP contribution < -0.4 is 24.4 Å². The molecule has 0 saturated carbocycles. The summed E-state index contributed by atoms with van der Waals surface area (Å²) in [7, 11) is 1.56. The van der Waals surface area contributed by atoms with E-state index in [-0.39, 0.29) is 18.2 Å². The summed E-state index contributed by atoms with van der Waals surface area (Å²) in [6, 6.07) is 24.5. The molecule has 204 valence electrons. The van der Waals surface area contributed by atoms with Crippen LogP contribution in [0.3, 0.4) is 0 Å². The monoisotopic (exact) mass is 567 g/mol. The number of nitrogens with zero attached hydrogens (tertiary/aromatic N) is 1. The number of amides is 1. The van der Waals surface area contributed by atoms with E-state index < -0.39 is 11.9 Å². The number of carbonyl (C=O) groups excluding carboxylic acids is 2. The van der Waals surface area contributed by atoms with E-state index in [0.29, 0.717) is 50.0 Å². The molecule has 1 aliphatic heterocycles. The Morgan fingerprint density at radius 2 is 1.73 bits per heavy atom. The SMILES string of the molecule is COc1cccc2c(-c3ccccc3Cl)c(C(=O)NN=Cc3ccccc3OC(=O)c3ccc4c(c3)OCO4)[nH]c12. The van der Waals surface area contributed by atoms with Gasteiger partial charge >= 0.3 is 5.97 Å². The number of aromatic amines is 1. The van der Waals surface area contributed by atoms with Crippen molar-refractivity contribution in [2.45, 2.75) is 0 Å². The Kier molecular flexibility index (Phi) is 7.01. The first kappa shape index (κ1) is 26.0. The molecule has 1 aliphatic rings. The number of fused-ring (bicyclic) bond motifs is 2. The molecule has 0 spiro atoms. The highest BCUT2D eigenvalue weighted by Gasteiger charge is 2.23. The lowest BCUT2D eigenvalue weighted by Gasteiger charge is -2.08. The normalized spacial score (nSPS) is 12.0. The van der Waals surface area contributed by atoms with Crippen molar-refractivity contribution in [3.63, 3.8) is 0 Å². The highest BCUT2D eigenvalue weighted by molar-refractivity contribution is 6.34. The number of hydrazone groups is 1. The maximum atomic E-state index is 13.4. The smallest absolute Gasteiger partial charge is 0.343 e. The zero-order chi connectivity index (χ0) is 28.3. The molecule has 6 rings (SSSR count). The van der Waals surface area contributed by atoms with E-state index in [4.69, 9.17) is 30.5 Å². The minimum Gasteiger partial charge on any atom is -0.495 e. The van der Waals surface area contributed by atoms with Gasteiger partial charge in [-0.15, -0.1) is 0 Å². The highest BCUT2D eigenvalue weighted by Crippen LogP contribution is 2.39. The number of nitrogens with one attached hydrogen (secondary N) is 2. The van der Waals surface area contributed by atoms with Crippen LogP contribution in [-0.4, -0.2) is 37.0 Å². The Morgan fingerprint density at radius 1 is 0.951 bits per heavy atom. The van der Waals surface area contributed by atoms with Crippen LogP contribution in [0, 0.1) is 0 Å². The molecule has 41 heavy (non-hydrogen) atoms. The van der Waals surface area contributed by atoms with E-state index in [1.165, 1.54) is 6.21 Å². The van der Waals surface area contributed by atoms with Gasteiger partial charge < -0.3 is 23.9 Å². The van der Waals surface area contributed by atoms with Gasteiger partial charge in [0.1, 0.15) is 17.2 Å². The van der Waals surface area contributed by atoms with Crippen molar-refractivity contribution in [3.05, 3.63) is 107 Å². The van der Waals surface area contributed by atoms with Gasteiger partial charge in [0.15, 0.2) is 11.5 Å². The van der Waals surface area contributed by atoms with Gasteiger partial charge in [0.2, 0.25) is 6.79 Å². The number of methoxy groups -OCH3 is 1. The van der Waals surface area contributed by atoms with E-state index in [0.717, 1.165) is 5.39 Å². The van der Waals surface area contributed by atoms with Gasteiger partial charge in [0, 0.05) is 27.1 Å². The number of carbonyl (C=O) groups is 2. The van der Waals surface area contributed by atoms with E-state index in [9.17, 15) is 9.59 Å². The minimum atomic E-state index is -0.579. The van der Waals surface area contributed by atoms with Crippen molar-refractivity contribution in [1.82, 2.24) is 10.4 Å². The summed E-state index contributed by atoms with van der Waals surface area (Å²) in [4.78, 5) is 29.4. The maximum absolute atomic E-state index is 13.4. The second-order valence-corrected chi connectivity index (χ2v) is 9.34. The fourth-order valence-electron chi connectivity index (χ4n) is 4.55. The Hall–Kier alpha value is -5.28. The van der Waals surface area contributed by atoms with Crippen molar-refractivity contribution in [2.75, 3.05) is 13.9 Å². The molecular weight excluding hydrogens is 546 g/mol. The largest absolute Gasteiger partial charge is 0.495 e. The zero-order valence-electron chi connectivity index (χ0n) is 21.6. The second kappa shape index (κ2) is 11.1. The second-order valence-electron chi connectivity index (χ2n) is 8.93. The highest BCUT2D eigenvalue weighted by atomic mass is 35.5. The van der Waals surface area contributed by atoms with Gasteiger partial charge in [-0.05, 0) is 42.5 Å². The third-order valence-corrected chi connectivity index (χ3v) is 6.81. The predicted molar refractivity (Wildman–Crippen MR) is 154 cm³/mol. The van der Waals surface area contributed by atoms with Crippen molar-refractivity contribution >= 4 is 40.6 Å². The van der Waals surface area contributed by atoms with Gasteiger partial charge in [-0.25, -0.2) is 10.2 Å². The van der Waals surface area contributed by atoms with Crippen LogP contribution >= 0.6 is 11.6 Å². The van der Waals surface area contributed by atoms with Crippen molar-refractivity contribution in [1.29, 1.82) is 0 Å². The fraction of sp³-hybridized carbons (Fsp3) is 0.0645. The summed E-state index contributed by atoms with van der Waals surface area (Å²) in [6.45, 7) is 0.102. The van der Waals surface area contributed by atoms with Gasteiger partial charge in [-0.1, -0.05) is 54.1 Å². The van der Waals surface area contributed by atoms with Gasteiger partial charge in [-0.2, -0.15) is 5.10 Å². The van der Waals surface area contributed by atoms with E-state index in [1.54, 1.807) is 61.7 Å². The summed E-state index contributed by atoms with van der Waals surface area (Å²) in [5.41, 5.74) is 5.56. The van der Waals surface area contributed by atoms with E-state index in [1.807, 2.05) is 30.3 Å². The van der Waals surface area contributed by atoms with Gasteiger partial charge in [-0.3, -0.25) is 4.79 Å². The zero-order valence-corrected chi connectivity index (χ0v) is 22.4. The number of para-hydroxylation sites is 2. The first-order valence-corrected chi connectivity index (χ1v) is 12.9. The molecule has 0 bridgehead atoms. The number of aromatic nitrogens is 1. The Labute approximate surface area is 239 Å². The third-order valence-electron chi connectivity index (χ3n) is 6.49. The lowest BCUT2D eigenvalue weighted by atomic mass is 10.0. The molecule has 2 N–H and O–H groups in total. The molecule has 10 heteroatoms. The summed E-state index contributed by atoms with van der Waals surface area (Å²) < 4.78 is 21.7. The summed E-state index contributed by atoms with van der Waals surface area (Å²) in [6.07, 6.45) is 1.40. The van der Waals surface area contributed by atoms with Crippen LogP contribution in [0.15, 0.2) is 90.0 Å². The fourth-order valence-corrected chi connectivity index (χ4v) is 4.78. The summed E-state index contributed by atoms with van der Waals surface area (Å²) in [5.74, 6) is 0.810. The third kappa shape index (κ3) is 5.06. The van der Waals surface area contributed by atoms with Crippen molar-refractivity contribution in [2.24, 2.45) is 5.10 Å². The van der Waals surface area contributed by atoms with Crippen LogP contribution in [0.1, 0.15) is 26.4 Å². The Bertz CT molecular complexity index is 1830. The van der Waals surface area contributed by atoms with Gasteiger partial charge in [0.05, 0.1) is 24.4 Å². The molecule has 0 unspecified atom stereocenters. The average Bonchev–Trinajstić information content (AvgIpc) is 3.62. The van der Waals surface area contributed by atoms with Crippen LogP contribution in [0.25, 0.3) is 22.0 Å². The quantitative estimate of drug-likeness (QED) is 0.105. The molecule has 9 nitrogen and oxygen atoms in total.